The second-order valence-corrected chi connectivity index (χ2v) is 7.87. The van der Waals surface area contributed by atoms with Crippen molar-refractivity contribution in [1.82, 2.24) is 9.97 Å². The fourth-order valence-corrected chi connectivity index (χ4v) is 3.54. The highest BCUT2D eigenvalue weighted by atomic mass is 79.9. The summed E-state index contributed by atoms with van der Waals surface area (Å²) in [5.74, 6) is 2.43. The van der Waals surface area contributed by atoms with Crippen molar-refractivity contribution < 1.29 is 9.53 Å². The van der Waals surface area contributed by atoms with Crippen molar-refractivity contribution in [2.75, 3.05) is 24.4 Å². The van der Waals surface area contributed by atoms with Gasteiger partial charge in [0, 0.05) is 47.1 Å². The molecule has 0 atom stereocenters. The maximum atomic E-state index is 12.0. The maximum Gasteiger partial charge on any atom is 0.228 e. The molecule has 28 heavy (non-hydrogen) atoms. The van der Waals surface area contributed by atoms with Crippen LogP contribution in [0.25, 0.3) is 10.8 Å². The molecule has 0 aliphatic heterocycles. The third-order valence-electron chi connectivity index (χ3n) is 4.84. The molecule has 3 aromatic rings. The molecular formula is C21H21BrN4O2. The van der Waals surface area contributed by atoms with Crippen LogP contribution in [0, 0.1) is 5.92 Å². The number of halogens is 1. The van der Waals surface area contributed by atoms with Crippen LogP contribution in [0.5, 0.6) is 5.75 Å². The summed E-state index contributed by atoms with van der Waals surface area (Å²) in [6, 6.07) is 9.88. The van der Waals surface area contributed by atoms with Gasteiger partial charge in [0.05, 0.1) is 7.11 Å². The molecule has 2 aromatic heterocycles. The lowest BCUT2D eigenvalue weighted by Crippen LogP contribution is -2.18. The topological polar surface area (TPSA) is 67.3 Å². The molecule has 1 saturated carbocycles. The second-order valence-electron chi connectivity index (χ2n) is 7.01. The predicted octanol–water partition coefficient (Wildman–Crippen LogP) is 4.39. The lowest BCUT2D eigenvalue weighted by molar-refractivity contribution is -0.117. The Balaban J connectivity index is 1.60. The summed E-state index contributed by atoms with van der Waals surface area (Å²) in [7, 11) is 3.66. The summed E-state index contributed by atoms with van der Waals surface area (Å²) in [4.78, 5) is 23.1. The first-order valence-corrected chi connectivity index (χ1v) is 9.93. The van der Waals surface area contributed by atoms with Gasteiger partial charge in [-0.15, -0.1) is 0 Å². The number of ether oxygens (including phenoxy) is 1. The number of carbonyl (C=O) groups excluding carboxylic acids is 1. The van der Waals surface area contributed by atoms with E-state index in [4.69, 9.17) is 4.74 Å². The maximum absolute atomic E-state index is 12.0. The highest BCUT2D eigenvalue weighted by Gasteiger charge is 2.29. The van der Waals surface area contributed by atoms with Gasteiger partial charge >= 0.3 is 0 Å². The third kappa shape index (κ3) is 3.94. The Labute approximate surface area is 172 Å². The normalized spacial score (nSPS) is 13.4. The molecule has 6 nitrogen and oxygen atoms in total. The zero-order chi connectivity index (χ0) is 19.7. The molecule has 0 saturated heterocycles. The Bertz CT molecular complexity index is 1020. The molecule has 0 radical (unpaired) electrons. The predicted molar refractivity (Wildman–Crippen MR) is 114 cm³/mol. The first kappa shape index (κ1) is 18.7. The number of benzene rings is 1. The molecule has 1 aliphatic carbocycles. The standard InChI is InChI=1S/C21H21BrN4O2/c1-26(12-13-3-7-15(28-2)8-4-13)20-17-10-23-19(25-21(27)14-5-6-14)9-16(17)18(22)11-24-20/h3-4,7-11,14H,5-6,12H2,1-2H3,(H,23,25,27). The molecule has 1 aliphatic rings. The van der Waals surface area contributed by atoms with Crippen molar-refractivity contribution in [2.24, 2.45) is 5.92 Å². The molecule has 0 bridgehead atoms. The van der Waals surface area contributed by atoms with Crippen LogP contribution in [0.1, 0.15) is 18.4 Å². The van der Waals surface area contributed by atoms with E-state index in [2.05, 4.69) is 36.1 Å². The first-order valence-electron chi connectivity index (χ1n) is 9.14. The van der Waals surface area contributed by atoms with Crippen LogP contribution in [0.2, 0.25) is 0 Å². The minimum absolute atomic E-state index is 0.0499. The number of hydrogen-bond acceptors (Lipinski definition) is 5. The fourth-order valence-electron chi connectivity index (χ4n) is 3.11. The van der Waals surface area contributed by atoms with Gasteiger partial charge < -0.3 is 15.0 Å². The number of methoxy groups -OCH3 is 1. The van der Waals surface area contributed by atoms with E-state index in [9.17, 15) is 4.79 Å². The van der Waals surface area contributed by atoms with Gasteiger partial charge in [-0.3, -0.25) is 4.79 Å². The minimum Gasteiger partial charge on any atom is -0.497 e. The summed E-state index contributed by atoms with van der Waals surface area (Å²) in [5, 5.41) is 4.80. The lowest BCUT2D eigenvalue weighted by atomic mass is 10.1. The molecule has 7 heteroatoms. The summed E-state index contributed by atoms with van der Waals surface area (Å²) in [6.07, 6.45) is 5.49. The van der Waals surface area contributed by atoms with Crippen LogP contribution in [0.4, 0.5) is 11.6 Å². The quantitative estimate of drug-likeness (QED) is 0.615. The summed E-state index contributed by atoms with van der Waals surface area (Å²) in [5.41, 5.74) is 1.16. The number of carbonyl (C=O) groups is 1. The molecule has 1 amide bonds. The number of anilines is 2. The summed E-state index contributed by atoms with van der Waals surface area (Å²) in [6.45, 7) is 0.702. The average molecular weight is 441 g/mol. The monoisotopic (exact) mass is 440 g/mol. The van der Waals surface area contributed by atoms with E-state index < -0.39 is 0 Å². The van der Waals surface area contributed by atoms with Crippen molar-refractivity contribution >= 4 is 44.2 Å². The summed E-state index contributed by atoms with van der Waals surface area (Å²) < 4.78 is 6.09. The van der Waals surface area contributed by atoms with Gasteiger partial charge in [-0.05, 0) is 52.5 Å². The SMILES string of the molecule is COc1ccc(CN(C)c2ncc(Br)c3cc(NC(=O)C4CC4)ncc23)cc1. The zero-order valence-electron chi connectivity index (χ0n) is 15.8. The van der Waals surface area contributed by atoms with E-state index in [1.165, 1.54) is 0 Å². The molecule has 1 N–H and O–H groups in total. The van der Waals surface area contributed by atoms with Crippen molar-refractivity contribution in [3.8, 4) is 5.75 Å². The van der Waals surface area contributed by atoms with E-state index in [0.29, 0.717) is 12.4 Å². The van der Waals surface area contributed by atoms with Crippen molar-refractivity contribution in [2.45, 2.75) is 19.4 Å². The Kier molecular flexibility index (Phi) is 5.17. The van der Waals surface area contributed by atoms with Crippen molar-refractivity contribution in [3.05, 3.63) is 52.8 Å². The zero-order valence-corrected chi connectivity index (χ0v) is 17.4. The number of nitrogens with one attached hydrogen (secondary N) is 1. The van der Waals surface area contributed by atoms with E-state index in [0.717, 1.165) is 45.2 Å². The number of hydrogen-bond donors (Lipinski definition) is 1. The number of rotatable bonds is 6. The molecule has 1 aromatic carbocycles. The highest BCUT2D eigenvalue weighted by molar-refractivity contribution is 9.10. The number of nitrogens with zero attached hydrogens (tertiary/aromatic N) is 3. The van der Waals surface area contributed by atoms with Crippen molar-refractivity contribution in [3.63, 3.8) is 0 Å². The molecule has 1 fully saturated rings. The third-order valence-corrected chi connectivity index (χ3v) is 5.47. The Morgan fingerprint density at radius 3 is 2.64 bits per heavy atom. The molecular weight excluding hydrogens is 420 g/mol. The molecule has 0 spiro atoms. The minimum atomic E-state index is 0.0499. The van der Waals surface area contributed by atoms with Gasteiger partial charge in [-0.1, -0.05) is 12.1 Å². The van der Waals surface area contributed by atoms with Crippen LogP contribution in [-0.2, 0) is 11.3 Å². The van der Waals surface area contributed by atoms with Crippen LogP contribution in [-0.4, -0.2) is 30.0 Å². The second kappa shape index (κ2) is 7.75. The largest absolute Gasteiger partial charge is 0.497 e. The van der Waals surface area contributed by atoms with E-state index >= 15 is 0 Å². The fraction of sp³-hybridized carbons (Fsp3) is 0.286. The molecule has 4 rings (SSSR count). The van der Waals surface area contributed by atoms with E-state index in [1.54, 1.807) is 19.5 Å². The summed E-state index contributed by atoms with van der Waals surface area (Å²) >= 11 is 3.57. The van der Waals surface area contributed by atoms with Crippen LogP contribution in [0.3, 0.4) is 0 Å². The van der Waals surface area contributed by atoms with Crippen LogP contribution < -0.4 is 15.0 Å². The van der Waals surface area contributed by atoms with E-state index in [1.807, 2.05) is 37.4 Å². The number of pyridine rings is 2. The van der Waals surface area contributed by atoms with Crippen molar-refractivity contribution in [1.29, 1.82) is 0 Å². The van der Waals surface area contributed by atoms with Gasteiger partial charge in [0.15, 0.2) is 0 Å². The Morgan fingerprint density at radius 1 is 1.21 bits per heavy atom. The number of aromatic nitrogens is 2. The molecule has 144 valence electrons. The Morgan fingerprint density at radius 2 is 1.96 bits per heavy atom. The molecule has 0 unspecified atom stereocenters. The lowest BCUT2D eigenvalue weighted by Gasteiger charge is -2.20. The van der Waals surface area contributed by atoms with Crippen LogP contribution in [0.15, 0.2) is 47.2 Å². The Hall–Kier alpha value is -2.67. The van der Waals surface area contributed by atoms with Gasteiger partial charge in [-0.25, -0.2) is 9.97 Å². The van der Waals surface area contributed by atoms with Gasteiger partial charge in [-0.2, -0.15) is 0 Å². The van der Waals surface area contributed by atoms with Gasteiger partial charge in [0.25, 0.3) is 0 Å². The highest BCUT2D eigenvalue weighted by Crippen LogP contribution is 2.33. The smallest absolute Gasteiger partial charge is 0.228 e. The van der Waals surface area contributed by atoms with Gasteiger partial charge in [0.2, 0.25) is 5.91 Å². The average Bonchev–Trinajstić information content (AvgIpc) is 3.54. The first-order chi connectivity index (χ1) is 13.5. The molecule has 2 heterocycles. The van der Waals surface area contributed by atoms with Crippen LogP contribution >= 0.6 is 15.9 Å². The number of fused-ring (bicyclic) bond motifs is 1. The van der Waals surface area contributed by atoms with Gasteiger partial charge in [0.1, 0.15) is 17.4 Å². The van der Waals surface area contributed by atoms with E-state index in [-0.39, 0.29) is 11.8 Å². The number of amides is 1.